The first kappa shape index (κ1) is 30.3. The topological polar surface area (TPSA) is 54.1 Å². The zero-order valence-corrected chi connectivity index (χ0v) is 28.1. The predicted octanol–water partition coefficient (Wildman–Crippen LogP) is 10.7. The number of aryl methyl sites for hydroxylation is 2. The molecule has 0 bridgehead atoms. The second kappa shape index (κ2) is 12.1. The van der Waals surface area contributed by atoms with Crippen molar-refractivity contribution in [3.8, 4) is 39.9 Å². The molecule has 47 heavy (non-hydrogen) atoms. The molecule has 0 aliphatic rings. The molecule has 0 amide bonds. The summed E-state index contributed by atoms with van der Waals surface area (Å²) >= 11 is 0. The van der Waals surface area contributed by atoms with Gasteiger partial charge < -0.3 is 9.47 Å². The van der Waals surface area contributed by atoms with Crippen LogP contribution >= 0.6 is 0 Å². The summed E-state index contributed by atoms with van der Waals surface area (Å²) in [7, 11) is 1.67. The molecule has 0 fully saturated rings. The molecule has 4 aromatic carbocycles. The third-order valence-corrected chi connectivity index (χ3v) is 8.90. The molecule has 0 saturated heterocycles. The van der Waals surface area contributed by atoms with E-state index in [2.05, 4.69) is 118 Å². The minimum atomic E-state index is 0.253. The molecule has 0 saturated carbocycles. The summed E-state index contributed by atoms with van der Waals surface area (Å²) in [6, 6.07) is 33.2. The van der Waals surface area contributed by atoms with Crippen LogP contribution in [0.15, 0.2) is 103 Å². The molecule has 0 spiro atoms. The van der Waals surface area contributed by atoms with Crippen molar-refractivity contribution in [2.45, 2.75) is 53.4 Å². The molecular weight excluding hydrogens is 580 g/mol. The van der Waals surface area contributed by atoms with Gasteiger partial charge in [-0.15, -0.1) is 0 Å². The van der Waals surface area contributed by atoms with E-state index < -0.39 is 0 Å². The van der Waals surface area contributed by atoms with Crippen LogP contribution in [-0.4, -0.2) is 26.4 Å². The zero-order chi connectivity index (χ0) is 32.8. The van der Waals surface area contributed by atoms with Crippen molar-refractivity contribution in [2.24, 2.45) is 0 Å². The maximum atomic E-state index is 6.59. The number of rotatable bonds is 8. The number of pyridine rings is 1. The minimum absolute atomic E-state index is 0.253. The Bertz CT molecular complexity index is 2240. The number of aromatic nitrogens is 4. The highest BCUT2D eigenvalue weighted by molar-refractivity contribution is 6.09. The maximum absolute atomic E-state index is 6.59. The van der Waals surface area contributed by atoms with Gasteiger partial charge in [-0.2, -0.15) is 5.10 Å². The number of hydrogen-bond donors (Lipinski definition) is 0. The van der Waals surface area contributed by atoms with Crippen LogP contribution in [0.2, 0.25) is 0 Å². The van der Waals surface area contributed by atoms with Gasteiger partial charge in [0.2, 0.25) is 0 Å². The average Bonchev–Trinajstić information content (AvgIpc) is 3.62. The van der Waals surface area contributed by atoms with Crippen molar-refractivity contribution in [3.63, 3.8) is 0 Å². The SMILES string of the molecule is COc1ccnc(-n2c3ccccc3c3ccc(Oc4cccc(-n5nc(C(C)C)c(-c6c(C)cccc6C)c5C(C)C)c4)cc32)c1. The van der Waals surface area contributed by atoms with Gasteiger partial charge in [0.1, 0.15) is 23.1 Å². The Morgan fingerprint density at radius 1 is 0.638 bits per heavy atom. The van der Waals surface area contributed by atoms with Crippen LogP contribution in [0.3, 0.4) is 0 Å². The first-order valence-electron chi connectivity index (χ1n) is 16.3. The van der Waals surface area contributed by atoms with E-state index >= 15 is 0 Å². The van der Waals surface area contributed by atoms with Crippen LogP contribution in [0.4, 0.5) is 0 Å². The smallest absolute Gasteiger partial charge is 0.141 e. The van der Waals surface area contributed by atoms with Gasteiger partial charge in [0.05, 0.1) is 35.2 Å². The molecule has 0 atom stereocenters. The fraction of sp³-hybridized carbons (Fsp3) is 0.220. The Hall–Kier alpha value is -5.36. The summed E-state index contributed by atoms with van der Waals surface area (Å²) in [5, 5.41) is 7.56. The lowest BCUT2D eigenvalue weighted by Crippen LogP contribution is -2.05. The molecule has 6 nitrogen and oxygen atoms in total. The summed E-state index contributed by atoms with van der Waals surface area (Å²) in [4.78, 5) is 4.70. The fourth-order valence-electron chi connectivity index (χ4n) is 6.77. The lowest BCUT2D eigenvalue weighted by atomic mass is 9.88. The molecule has 3 aromatic heterocycles. The molecule has 0 aliphatic carbocycles. The molecule has 0 N–H and O–H groups in total. The standard InChI is InChI=1S/C41H40N4O2/c1-25(2)40-39(38-27(5)12-10-13-28(38)6)41(26(3)4)45(43-40)29-14-11-15-31(22-29)47-32-18-19-34-33-16-8-9-17-35(33)44(36(34)23-32)37-24-30(46-7)20-21-42-37/h8-26H,1-7H3. The average molecular weight is 621 g/mol. The normalized spacial score (nSPS) is 11.7. The molecule has 3 heterocycles. The van der Waals surface area contributed by atoms with E-state index in [9.17, 15) is 0 Å². The lowest BCUT2D eigenvalue weighted by Gasteiger charge is -2.17. The molecule has 7 aromatic rings. The fourth-order valence-corrected chi connectivity index (χ4v) is 6.77. The van der Waals surface area contributed by atoms with Gasteiger partial charge in [-0.3, -0.25) is 4.57 Å². The molecule has 0 radical (unpaired) electrons. The van der Waals surface area contributed by atoms with Crippen molar-refractivity contribution in [2.75, 3.05) is 7.11 Å². The molecular formula is C41H40N4O2. The molecule has 0 aliphatic heterocycles. The second-order valence-electron chi connectivity index (χ2n) is 12.8. The Balaban J connectivity index is 1.33. The maximum Gasteiger partial charge on any atom is 0.141 e. The van der Waals surface area contributed by atoms with Crippen LogP contribution in [-0.2, 0) is 0 Å². The molecule has 236 valence electrons. The number of fused-ring (bicyclic) bond motifs is 3. The summed E-state index contributed by atoms with van der Waals surface area (Å²) in [5.41, 5.74) is 10.4. The Kier molecular flexibility index (Phi) is 7.80. The Morgan fingerprint density at radius 3 is 2.11 bits per heavy atom. The van der Waals surface area contributed by atoms with Gasteiger partial charge in [0, 0.05) is 40.7 Å². The van der Waals surface area contributed by atoms with Gasteiger partial charge in [-0.1, -0.05) is 70.2 Å². The van der Waals surface area contributed by atoms with Crippen LogP contribution in [0.5, 0.6) is 17.2 Å². The lowest BCUT2D eigenvalue weighted by molar-refractivity contribution is 0.414. The summed E-state index contributed by atoms with van der Waals surface area (Å²) < 4.78 is 16.4. The number of benzene rings is 4. The molecule has 7 rings (SSSR count). The van der Waals surface area contributed by atoms with E-state index in [4.69, 9.17) is 19.6 Å². The van der Waals surface area contributed by atoms with E-state index in [-0.39, 0.29) is 11.8 Å². The first-order valence-corrected chi connectivity index (χ1v) is 16.3. The predicted molar refractivity (Wildman–Crippen MR) is 192 cm³/mol. The number of hydrogen-bond acceptors (Lipinski definition) is 4. The number of ether oxygens (including phenoxy) is 2. The Morgan fingerprint density at radius 2 is 1.36 bits per heavy atom. The van der Waals surface area contributed by atoms with E-state index in [1.54, 1.807) is 13.3 Å². The molecule has 6 heteroatoms. The van der Waals surface area contributed by atoms with Crippen LogP contribution < -0.4 is 9.47 Å². The number of methoxy groups -OCH3 is 1. The highest BCUT2D eigenvalue weighted by Crippen LogP contribution is 2.41. The summed E-state index contributed by atoms with van der Waals surface area (Å²) in [6.07, 6.45) is 1.78. The zero-order valence-electron chi connectivity index (χ0n) is 28.1. The van der Waals surface area contributed by atoms with Crippen molar-refractivity contribution in [1.82, 2.24) is 19.3 Å². The number of nitrogens with zero attached hydrogens (tertiary/aromatic N) is 4. The van der Waals surface area contributed by atoms with Crippen LogP contribution in [0.25, 0.3) is 44.4 Å². The van der Waals surface area contributed by atoms with Gasteiger partial charge in [-0.05, 0) is 78.8 Å². The highest BCUT2D eigenvalue weighted by atomic mass is 16.5. The quantitative estimate of drug-likeness (QED) is 0.170. The third-order valence-electron chi connectivity index (χ3n) is 8.90. The number of para-hydroxylation sites is 1. The largest absolute Gasteiger partial charge is 0.497 e. The van der Waals surface area contributed by atoms with E-state index in [1.807, 2.05) is 30.3 Å². The van der Waals surface area contributed by atoms with Crippen molar-refractivity contribution >= 4 is 21.8 Å². The van der Waals surface area contributed by atoms with Crippen LogP contribution in [0.1, 0.15) is 62.0 Å². The Labute approximate surface area is 276 Å². The van der Waals surface area contributed by atoms with Gasteiger partial charge in [0.15, 0.2) is 0 Å². The van der Waals surface area contributed by atoms with E-state index in [0.29, 0.717) is 0 Å². The summed E-state index contributed by atoms with van der Waals surface area (Å²) in [6.45, 7) is 13.3. The van der Waals surface area contributed by atoms with E-state index in [0.717, 1.165) is 56.3 Å². The second-order valence-corrected chi connectivity index (χ2v) is 12.8. The highest BCUT2D eigenvalue weighted by Gasteiger charge is 2.26. The van der Waals surface area contributed by atoms with Gasteiger partial charge in [0.25, 0.3) is 0 Å². The van der Waals surface area contributed by atoms with E-state index in [1.165, 1.54) is 27.9 Å². The first-order chi connectivity index (χ1) is 22.7. The van der Waals surface area contributed by atoms with Crippen LogP contribution in [0, 0.1) is 13.8 Å². The van der Waals surface area contributed by atoms with Crippen molar-refractivity contribution in [1.29, 1.82) is 0 Å². The monoisotopic (exact) mass is 620 g/mol. The van der Waals surface area contributed by atoms with Gasteiger partial charge >= 0.3 is 0 Å². The van der Waals surface area contributed by atoms with Crippen molar-refractivity contribution in [3.05, 3.63) is 126 Å². The molecule has 0 unspecified atom stereocenters. The summed E-state index contributed by atoms with van der Waals surface area (Å²) in [5.74, 6) is 3.54. The minimum Gasteiger partial charge on any atom is -0.497 e. The van der Waals surface area contributed by atoms with Crippen molar-refractivity contribution < 1.29 is 9.47 Å². The third kappa shape index (κ3) is 5.34. The van der Waals surface area contributed by atoms with Gasteiger partial charge in [-0.25, -0.2) is 9.67 Å².